The van der Waals surface area contributed by atoms with Crippen LogP contribution in [-0.4, -0.2) is 25.0 Å². The Balaban J connectivity index is 1.87. The molecule has 13 heteroatoms. The van der Waals surface area contributed by atoms with E-state index in [0.717, 1.165) is 10.9 Å². The number of carbonyl (C=O) groups is 1. The zero-order valence-electron chi connectivity index (χ0n) is 18.8. The first-order valence-corrected chi connectivity index (χ1v) is 12.3. The molecule has 0 spiro atoms. The predicted molar refractivity (Wildman–Crippen MR) is 121 cm³/mol. The predicted octanol–water partition coefficient (Wildman–Crippen LogP) is 4.85. The molecule has 4 rings (SSSR count). The van der Waals surface area contributed by atoms with Crippen LogP contribution in [0.25, 0.3) is 11.1 Å². The molecule has 1 unspecified atom stereocenters. The van der Waals surface area contributed by atoms with Gasteiger partial charge in [0.15, 0.2) is 21.4 Å². The topological polar surface area (TPSA) is 115 Å². The highest BCUT2D eigenvalue weighted by atomic mass is 32.2. The van der Waals surface area contributed by atoms with Crippen LogP contribution in [0.1, 0.15) is 35.9 Å². The van der Waals surface area contributed by atoms with Gasteiger partial charge in [-0.25, -0.2) is 23.5 Å². The number of aryl methyl sites for hydroxylation is 3. The number of nitrogens with two attached hydrogens (primary N) is 1. The third-order valence-electron chi connectivity index (χ3n) is 5.54. The summed E-state index contributed by atoms with van der Waals surface area (Å²) in [5.41, 5.74) is -0.0704. The summed E-state index contributed by atoms with van der Waals surface area (Å²) >= 11 is 0. The van der Waals surface area contributed by atoms with Gasteiger partial charge in [-0.2, -0.15) is 18.3 Å². The maximum atomic E-state index is 14.2. The molecule has 0 bridgehead atoms. The largest absolute Gasteiger partial charge is 0.434 e. The van der Waals surface area contributed by atoms with Crippen molar-refractivity contribution in [2.24, 2.45) is 9.50 Å². The minimum absolute atomic E-state index is 0.131. The monoisotopic (exact) mass is 510 g/mol. The van der Waals surface area contributed by atoms with E-state index in [1.165, 1.54) is 6.07 Å². The molecule has 0 fully saturated rings. The number of nitrogens with one attached hydrogen (secondary N) is 1. The van der Waals surface area contributed by atoms with Crippen molar-refractivity contribution in [2.45, 2.75) is 50.9 Å². The van der Waals surface area contributed by atoms with Gasteiger partial charge in [0.25, 0.3) is 0 Å². The van der Waals surface area contributed by atoms with E-state index in [9.17, 15) is 26.6 Å². The number of anilines is 1. The van der Waals surface area contributed by atoms with Crippen LogP contribution in [0.4, 0.5) is 28.0 Å². The Morgan fingerprint density at radius 2 is 2.06 bits per heavy atom. The van der Waals surface area contributed by atoms with E-state index in [1.807, 2.05) is 0 Å². The first kappa shape index (κ1) is 24.8. The smallest absolute Gasteiger partial charge is 0.304 e. The van der Waals surface area contributed by atoms with E-state index >= 15 is 0 Å². The van der Waals surface area contributed by atoms with Crippen LogP contribution in [-0.2, 0) is 35.5 Å². The summed E-state index contributed by atoms with van der Waals surface area (Å²) in [5, 5.41) is 11.0. The van der Waals surface area contributed by atoms with E-state index in [1.54, 1.807) is 32.0 Å². The Kier molecular flexibility index (Phi) is 6.40. The molecule has 2 heterocycles. The first-order valence-electron chi connectivity index (χ1n) is 10.7. The second-order valence-corrected chi connectivity index (χ2v) is 9.79. The van der Waals surface area contributed by atoms with Crippen LogP contribution in [0, 0.1) is 12.7 Å². The van der Waals surface area contributed by atoms with E-state index < -0.39 is 38.7 Å². The van der Waals surface area contributed by atoms with Crippen molar-refractivity contribution in [3.63, 3.8) is 0 Å². The summed E-state index contributed by atoms with van der Waals surface area (Å²) in [6, 6.07) is 5.04. The number of alkyl halides is 3. The molecule has 3 N–H and O–H groups in total. The number of hydrogen-bond acceptors (Lipinski definition) is 4. The number of nitrogens with zero attached hydrogens (tertiary/aromatic N) is 4. The summed E-state index contributed by atoms with van der Waals surface area (Å²) in [6.07, 6.45) is -2.63. The van der Waals surface area contributed by atoms with Gasteiger partial charge in [-0.1, -0.05) is 29.8 Å². The van der Waals surface area contributed by atoms with Crippen molar-refractivity contribution in [1.29, 1.82) is 0 Å². The van der Waals surface area contributed by atoms with Crippen LogP contribution in [0.15, 0.2) is 39.9 Å². The minimum atomic E-state index is -4.81. The fourth-order valence-corrected chi connectivity index (χ4v) is 4.97. The van der Waals surface area contributed by atoms with Crippen LogP contribution in [0.3, 0.4) is 0 Å². The Hall–Kier alpha value is -3.32. The zero-order chi connectivity index (χ0) is 25.5. The number of aromatic nitrogens is 3. The molecule has 3 aromatic rings. The van der Waals surface area contributed by atoms with Crippen molar-refractivity contribution < 1.29 is 26.6 Å². The first-order chi connectivity index (χ1) is 16.4. The normalized spacial score (nSPS) is 14.9. The van der Waals surface area contributed by atoms with Gasteiger partial charge in [-0.05, 0) is 44.2 Å². The van der Waals surface area contributed by atoms with E-state index in [4.69, 9.17) is 5.14 Å². The standard InChI is InChI=1S/C22H22F4N6O2S/c1-3-32-11-15(23)20(30-32)35(27,34)31-21(33)29-18-14-8-5-9-16(14)28-19(22(24,25)26)17(18)13-7-4-6-12(2)10-13/h4,6-7,10-11H,3,5,8-9H2,1-2H3,(H3,27,28,29,31,33,34). The van der Waals surface area contributed by atoms with Gasteiger partial charge in [-0.15, -0.1) is 4.36 Å². The molecule has 1 aromatic carbocycles. The summed E-state index contributed by atoms with van der Waals surface area (Å²) in [6.45, 7) is 3.63. The fraction of sp³-hybridized carbons (Fsp3) is 0.318. The molecule has 2 amide bonds. The third-order valence-corrected chi connectivity index (χ3v) is 6.80. The number of amides is 2. The Morgan fingerprint density at radius 1 is 1.31 bits per heavy atom. The van der Waals surface area contributed by atoms with Gasteiger partial charge in [0.1, 0.15) is 0 Å². The highest BCUT2D eigenvalue weighted by molar-refractivity contribution is 7.91. The molecule has 1 aliphatic rings. The number of fused-ring (bicyclic) bond motifs is 1. The molecular formula is C22H22F4N6O2S. The minimum Gasteiger partial charge on any atom is -0.304 e. The van der Waals surface area contributed by atoms with Gasteiger partial charge in [0, 0.05) is 17.8 Å². The maximum Gasteiger partial charge on any atom is 0.434 e. The second-order valence-electron chi connectivity index (χ2n) is 8.08. The average molecular weight is 511 g/mol. The number of carbonyl (C=O) groups excluding carboxylic acids is 1. The second kappa shape index (κ2) is 9.04. The Labute approximate surface area is 198 Å². The molecule has 0 saturated carbocycles. The van der Waals surface area contributed by atoms with Gasteiger partial charge < -0.3 is 5.32 Å². The molecular weight excluding hydrogens is 488 g/mol. The van der Waals surface area contributed by atoms with Crippen molar-refractivity contribution >= 4 is 21.6 Å². The van der Waals surface area contributed by atoms with E-state index in [-0.39, 0.29) is 29.1 Å². The lowest BCUT2D eigenvalue weighted by molar-refractivity contribution is -0.140. The lowest BCUT2D eigenvalue weighted by atomic mass is 9.96. The molecule has 186 valence electrons. The average Bonchev–Trinajstić information content (AvgIpc) is 3.39. The van der Waals surface area contributed by atoms with Crippen molar-refractivity contribution in [1.82, 2.24) is 14.8 Å². The molecule has 35 heavy (non-hydrogen) atoms. The van der Waals surface area contributed by atoms with Gasteiger partial charge in [-0.3, -0.25) is 4.68 Å². The molecule has 1 atom stereocenters. The fourth-order valence-electron chi connectivity index (χ4n) is 4.04. The lowest BCUT2D eigenvalue weighted by Gasteiger charge is -2.20. The van der Waals surface area contributed by atoms with E-state index in [2.05, 4.69) is 19.8 Å². The number of halogens is 4. The maximum absolute atomic E-state index is 14.2. The highest BCUT2D eigenvalue weighted by Crippen LogP contribution is 2.44. The number of rotatable bonds is 4. The van der Waals surface area contributed by atoms with Gasteiger partial charge >= 0.3 is 12.2 Å². The van der Waals surface area contributed by atoms with Crippen molar-refractivity contribution in [3.05, 3.63) is 58.8 Å². The van der Waals surface area contributed by atoms with Crippen LogP contribution < -0.4 is 10.5 Å². The van der Waals surface area contributed by atoms with Gasteiger partial charge in [0.2, 0.25) is 5.03 Å². The van der Waals surface area contributed by atoms with Crippen molar-refractivity contribution in [2.75, 3.05) is 5.32 Å². The summed E-state index contributed by atoms with van der Waals surface area (Å²) in [5.74, 6) is -1.01. The number of hydrogen-bond donors (Lipinski definition) is 2. The SMILES string of the molecule is CCn1cc(F)c(S(N)(=O)=NC(=O)Nc2c3c(nc(C(F)(F)F)c2-c2cccc(C)c2)CCC3)n1. The number of urea groups is 1. The Morgan fingerprint density at radius 3 is 2.69 bits per heavy atom. The molecule has 0 aliphatic heterocycles. The van der Waals surface area contributed by atoms with E-state index in [0.29, 0.717) is 30.4 Å². The van der Waals surface area contributed by atoms with Crippen molar-refractivity contribution in [3.8, 4) is 11.1 Å². The zero-order valence-corrected chi connectivity index (χ0v) is 19.6. The molecule has 0 saturated heterocycles. The van der Waals surface area contributed by atoms with Crippen LogP contribution in [0.2, 0.25) is 0 Å². The van der Waals surface area contributed by atoms with Crippen LogP contribution >= 0.6 is 0 Å². The molecule has 1 aliphatic carbocycles. The van der Waals surface area contributed by atoms with Crippen LogP contribution in [0.5, 0.6) is 0 Å². The highest BCUT2D eigenvalue weighted by Gasteiger charge is 2.39. The quantitative estimate of drug-likeness (QED) is 0.488. The molecule has 8 nitrogen and oxygen atoms in total. The molecule has 2 aromatic heterocycles. The van der Waals surface area contributed by atoms with Gasteiger partial charge in [0.05, 0.1) is 11.9 Å². The lowest BCUT2D eigenvalue weighted by Crippen LogP contribution is -2.21. The third kappa shape index (κ3) is 4.91. The summed E-state index contributed by atoms with van der Waals surface area (Å²) in [4.78, 5) is 16.7. The number of benzene rings is 1. The Bertz CT molecular complexity index is 1440. The summed E-state index contributed by atoms with van der Waals surface area (Å²) < 4.78 is 73.8. The number of pyridine rings is 1. The molecule has 0 radical (unpaired) electrons. The summed E-state index contributed by atoms with van der Waals surface area (Å²) in [7, 11) is -4.12.